The number of ether oxygens (including phenoxy) is 1. The lowest BCUT2D eigenvalue weighted by Gasteiger charge is -2.13. The molecule has 0 aliphatic rings. The number of hydrogen-bond acceptors (Lipinski definition) is 1. The van der Waals surface area contributed by atoms with E-state index in [4.69, 9.17) is 16.3 Å². The monoisotopic (exact) mass is 286 g/mol. The molecule has 0 N–H and O–H groups in total. The lowest BCUT2D eigenvalue weighted by atomic mass is 10.0. The minimum Gasteiger partial charge on any atom is -0.497 e. The van der Waals surface area contributed by atoms with Crippen LogP contribution < -0.4 is 4.74 Å². The summed E-state index contributed by atoms with van der Waals surface area (Å²) in [5.41, 5.74) is -0.0438. The van der Waals surface area contributed by atoms with Crippen LogP contribution in [-0.4, -0.2) is 7.11 Å². The zero-order valence-corrected chi connectivity index (χ0v) is 10.7. The number of halogens is 4. The van der Waals surface area contributed by atoms with Gasteiger partial charge < -0.3 is 4.74 Å². The number of rotatable bonds is 3. The molecule has 2 aromatic carbocycles. The van der Waals surface area contributed by atoms with Crippen LogP contribution in [0.4, 0.5) is 13.2 Å². The third kappa shape index (κ3) is 2.84. The average Bonchev–Trinajstić information content (AvgIpc) is 2.37. The van der Waals surface area contributed by atoms with Crippen LogP contribution in [-0.2, 0) is 0 Å². The van der Waals surface area contributed by atoms with Gasteiger partial charge in [-0.05, 0) is 17.7 Å². The molecule has 1 unspecified atom stereocenters. The first-order chi connectivity index (χ1) is 9.02. The summed E-state index contributed by atoms with van der Waals surface area (Å²) < 4.78 is 45.5. The van der Waals surface area contributed by atoms with E-state index in [1.165, 1.54) is 25.3 Å². The van der Waals surface area contributed by atoms with Crippen molar-refractivity contribution in [3.63, 3.8) is 0 Å². The van der Waals surface area contributed by atoms with Crippen molar-refractivity contribution in [3.8, 4) is 5.75 Å². The Morgan fingerprint density at radius 3 is 2.21 bits per heavy atom. The summed E-state index contributed by atoms with van der Waals surface area (Å²) in [5, 5.41) is -1.11. The van der Waals surface area contributed by atoms with Crippen molar-refractivity contribution < 1.29 is 17.9 Å². The molecule has 1 atom stereocenters. The number of methoxy groups -OCH3 is 1. The minimum absolute atomic E-state index is 0.0573. The molecule has 0 bridgehead atoms. The second-order valence-corrected chi connectivity index (χ2v) is 4.36. The van der Waals surface area contributed by atoms with Gasteiger partial charge in [0.2, 0.25) is 0 Å². The number of hydrogen-bond donors (Lipinski definition) is 0. The maximum absolute atomic E-state index is 13.8. The van der Waals surface area contributed by atoms with E-state index in [2.05, 4.69) is 0 Å². The van der Waals surface area contributed by atoms with Crippen LogP contribution in [0.15, 0.2) is 36.4 Å². The molecule has 2 rings (SSSR count). The van der Waals surface area contributed by atoms with Crippen LogP contribution in [0.25, 0.3) is 0 Å². The molecule has 100 valence electrons. The Hall–Kier alpha value is -1.68. The van der Waals surface area contributed by atoms with E-state index < -0.39 is 22.8 Å². The number of benzene rings is 2. The molecule has 1 nitrogen and oxygen atoms in total. The van der Waals surface area contributed by atoms with Crippen LogP contribution in [0.5, 0.6) is 5.75 Å². The molecule has 19 heavy (non-hydrogen) atoms. The zero-order valence-electron chi connectivity index (χ0n) is 9.96. The van der Waals surface area contributed by atoms with E-state index in [1.54, 1.807) is 0 Å². The van der Waals surface area contributed by atoms with Crippen molar-refractivity contribution >= 4 is 11.6 Å². The molecule has 0 spiro atoms. The third-order valence-corrected chi connectivity index (χ3v) is 3.15. The summed E-state index contributed by atoms with van der Waals surface area (Å²) >= 11 is 6.02. The van der Waals surface area contributed by atoms with Gasteiger partial charge in [-0.2, -0.15) is 0 Å². The first-order valence-electron chi connectivity index (χ1n) is 5.45. The first-order valence-corrected chi connectivity index (χ1v) is 5.89. The fourth-order valence-electron chi connectivity index (χ4n) is 1.75. The van der Waals surface area contributed by atoms with Gasteiger partial charge in [0.05, 0.1) is 12.5 Å². The average molecular weight is 287 g/mol. The molecule has 0 aliphatic heterocycles. The van der Waals surface area contributed by atoms with E-state index in [1.807, 2.05) is 0 Å². The van der Waals surface area contributed by atoms with Crippen LogP contribution in [0.3, 0.4) is 0 Å². The van der Waals surface area contributed by atoms with Gasteiger partial charge in [0.25, 0.3) is 0 Å². The SMILES string of the molecule is COc1cc(F)c(C(Cl)c2cccc(F)c2)c(F)c1. The van der Waals surface area contributed by atoms with Crippen molar-refractivity contribution in [1.82, 2.24) is 0 Å². The maximum atomic E-state index is 13.8. The molecule has 5 heteroatoms. The largest absolute Gasteiger partial charge is 0.497 e. The molecule has 0 aromatic heterocycles. The summed E-state index contributed by atoms with van der Waals surface area (Å²) in [6.07, 6.45) is 0. The van der Waals surface area contributed by atoms with Crippen molar-refractivity contribution in [2.45, 2.75) is 5.38 Å². The molecular formula is C14H10ClF3O. The Kier molecular flexibility index (Phi) is 4.00. The second kappa shape index (κ2) is 5.53. The van der Waals surface area contributed by atoms with Crippen LogP contribution in [0.1, 0.15) is 16.5 Å². The molecule has 0 fully saturated rings. The minimum atomic E-state index is -1.11. The van der Waals surface area contributed by atoms with Crippen molar-refractivity contribution in [2.24, 2.45) is 0 Å². The highest BCUT2D eigenvalue weighted by atomic mass is 35.5. The highest BCUT2D eigenvalue weighted by molar-refractivity contribution is 6.22. The highest BCUT2D eigenvalue weighted by Gasteiger charge is 2.21. The summed E-state index contributed by atoms with van der Waals surface area (Å²) in [4.78, 5) is 0. The Bertz CT molecular complexity index is 578. The summed E-state index contributed by atoms with van der Waals surface area (Å²) in [7, 11) is 1.30. The van der Waals surface area contributed by atoms with E-state index in [0.29, 0.717) is 0 Å². The molecule has 2 aromatic rings. The van der Waals surface area contributed by atoms with Crippen LogP contribution in [0.2, 0.25) is 0 Å². The fourth-order valence-corrected chi connectivity index (χ4v) is 2.10. The van der Waals surface area contributed by atoms with Crippen molar-refractivity contribution in [2.75, 3.05) is 7.11 Å². The van der Waals surface area contributed by atoms with E-state index in [-0.39, 0.29) is 16.9 Å². The Morgan fingerprint density at radius 2 is 1.68 bits per heavy atom. The van der Waals surface area contributed by atoms with Crippen LogP contribution in [0, 0.1) is 17.5 Å². The smallest absolute Gasteiger partial charge is 0.134 e. The second-order valence-electron chi connectivity index (χ2n) is 3.92. The Balaban J connectivity index is 2.47. The Morgan fingerprint density at radius 1 is 1.05 bits per heavy atom. The van der Waals surface area contributed by atoms with Crippen molar-refractivity contribution in [3.05, 3.63) is 65.0 Å². The first kappa shape index (κ1) is 13.7. The summed E-state index contributed by atoms with van der Waals surface area (Å²) in [6, 6.07) is 7.37. The molecule has 0 aliphatic carbocycles. The lowest BCUT2D eigenvalue weighted by molar-refractivity contribution is 0.405. The summed E-state index contributed by atoms with van der Waals surface area (Å²) in [6.45, 7) is 0. The number of alkyl halides is 1. The van der Waals surface area contributed by atoms with Gasteiger partial charge in [-0.15, -0.1) is 11.6 Å². The normalized spacial score (nSPS) is 12.3. The third-order valence-electron chi connectivity index (χ3n) is 2.68. The molecule has 0 saturated heterocycles. The van der Waals surface area contributed by atoms with Gasteiger partial charge in [0.1, 0.15) is 23.2 Å². The molecule has 0 amide bonds. The molecule has 0 radical (unpaired) electrons. The van der Waals surface area contributed by atoms with E-state index in [0.717, 1.165) is 18.2 Å². The quantitative estimate of drug-likeness (QED) is 0.758. The van der Waals surface area contributed by atoms with Crippen LogP contribution >= 0.6 is 11.6 Å². The predicted octanol–water partition coefficient (Wildman–Crippen LogP) is 4.44. The zero-order chi connectivity index (χ0) is 14.0. The van der Waals surface area contributed by atoms with Crippen molar-refractivity contribution in [1.29, 1.82) is 0 Å². The topological polar surface area (TPSA) is 9.23 Å². The molecule has 0 heterocycles. The molecule has 0 saturated carbocycles. The van der Waals surface area contributed by atoms with Gasteiger partial charge in [-0.25, -0.2) is 13.2 Å². The van der Waals surface area contributed by atoms with Gasteiger partial charge in [-0.3, -0.25) is 0 Å². The van der Waals surface area contributed by atoms with Gasteiger partial charge in [0, 0.05) is 17.7 Å². The van der Waals surface area contributed by atoms with E-state index in [9.17, 15) is 13.2 Å². The fraction of sp³-hybridized carbons (Fsp3) is 0.143. The molecular weight excluding hydrogens is 277 g/mol. The van der Waals surface area contributed by atoms with Gasteiger partial charge in [-0.1, -0.05) is 12.1 Å². The maximum Gasteiger partial charge on any atom is 0.134 e. The Labute approximate surface area is 113 Å². The van der Waals surface area contributed by atoms with Gasteiger partial charge in [0.15, 0.2) is 0 Å². The standard InChI is InChI=1S/C14H10ClF3O/c1-19-10-6-11(17)13(12(18)7-10)14(15)8-3-2-4-9(16)5-8/h2-7,14H,1H3. The lowest BCUT2D eigenvalue weighted by Crippen LogP contribution is -2.02. The highest BCUT2D eigenvalue weighted by Crippen LogP contribution is 2.34. The van der Waals surface area contributed by atoms with Gasteiger partial charge >= 0.3 is 0 Å². The predicted molar refractivity (Wildman–Crippen MR) is 67.0 cm³/mol. The van der Waals surface area contributed by atoms with E-state index >= 15 is 0 Å². The summed E-state index contributed by atoms with van der Waals surface area (Å²) in [5.74, 6) is -2.12.